The molecule has 3 rings (SSSR count). The zero-order chi connectivity index (χ0) is 13.9. The van der Waals surface area contributed by atoms with E-state index in [4.69, 9.17) is 0 Å². The number of aryl methyl sites for hydroxylation is 1. The summed E-state index contributed by atoms with van der Waals surface area (Å²) < 4.78 is 0. The first-order valence-corrected chi connectivity index (χ1v) is 6.79. The summed E-state index contributed by atoms with van der Waals surface area (Å²) in [6, 6.07) is 10.3. The normalized spacial score (nSPS) is 15.1. The van der Waals surface area contributed by atoms with E-state index in [1.54, 1.807) is 6.20 Å². The van der Waals surface area contributed by atoms with Gasteiger partial charge in [0.05, 0.1) is 11.8 Å². The van der Waals surface area contributed by atoms with Crippen LogP contribution in [-0.4, -0.2) is 34.1 Å². The van der Waals surface area contributed by atoms with Crippen molar-refractivity contribution in [2.75, 3.05) is 13.1 Å². The fraction of sp³-hybridized carbons (Fsp3) is 0.250. The minimum atomic E-state index is 0.0552. The lowest BCUT2D eigenvalue weighted by atomic mass is 9.99. The second kappa shape index (κ2) is 5.33. The van der Waals surface area contributed by atoms with E-state index in [-0.39, 0.29) is 5.91 Å². The predicted molar refractivity (Wildman–Crippen MR) is 78.3 cm³/mol. The molecule has 1 aliphatic heterocycles. The quantitative estimate of drug-likeness (QED) is 0.909. The van der Waals surface area contributed by atoms with Gasteiger partial charge in [-0.3, -0.25) is 9.89 Å². The van der Waals surface area contributed by atoms with Crippen molar-refractivity contribution in [3.8, 4) is 0 Å². The molecule has 2 heterocycles. The Morgan fingerprint density at radius 1 is 1.30 bits per heavy atom. The molecular weight excluding hydrogens is 250 g/mol. The van der Waals surface area contributed by atoms with Gasteiger partial charge in [0.25, 0.3) is 5.91 Å². The Balaban J connectivity index is 1.74. The third-order valence-electron chi connectivity index (χ3n) is 3.70. The number of rotatable bonds is 2. The molecule has 1 aliphatic rings. The molecule has 0 atom stereocenters. The smallest absolute Gasteiger partial charge is 0.257 e. The molecule has 1 aromatic carbocycles. The summed E-state index contributed by atoms with van der Waals surface area (Å²) in [7, 11) is 0. The zero-order valence-electron chi connectivity index (χ0n) is 11.5. The van der Waals surface area contributed by atoms with Crippen LogP contribution >= 0.6 is 0 Å². The number of benzene rings is 1. The highest BCUT2D eigenvalue weighted by Gasteiger charge is 2.21. The Morgan fingerprint density at radius 2 is 2.10 bits per heavy atom. The van der Waals surface area contributed by atoms with Gasteiger partial charge >= 0.3 is 0 Å². The van der Waals surface area contributed by atoms with Crippen molar-refractivity contribution in [3.63, 3.8) is 0 Å². The first kappa shape index (κ1) is 12.7. The Morgan fingerprint density at radius 3 is 2.70 bits per heavy atom. The molecule has 0 aliphatic carbocycles. The lowest BCUT2D eigenvalue weighted by Crippen LogP contribution is -2.34. The molecule has 1 N–H and O–H groups in total. The fourth-order valence-electron chi connectivity index (χ4n) is 2.50. The minimum absolute atomic E-state index is 0.0552. The second-order valence-corrected chi connectivity index (χ2v) is 5.01. The molecule has 0 saturated carbocycles. The van der Waals surface area contributed by atoms with Crippen LogP contribution in [0.2, 0.25) is 0 Å². The van der Waals surface area contributed by atoms with Crippen molar-refractivity contribution < 1.29 is 4.79 Å². The number of nitrogens with one attached hydrogen (secondary N) is 1. The number of carbonyl (C=O) groups is 1. The van der Waals surface area contributed by atoms with E-state index in [0.717, 1.165) is 18.7 Å². The SMILES string of the molecule is Cc1[nH]ncc1C(=O)N1CC=C(c2ccccc2)CC1. The van der Waals surface area contributed by atoms with Crippen LogP contribution in [0.15, 0.2) is 42.6 Å². The maximum atomic E-state index is 12.4. The molecule has 1 amide bonds. The summed E-state index contributed by atoms with van der Waals surface area (Å²) in [5.41, 5.74) is 4.06. The predicted octanol–water partition coefficient (Wildman–Crippen LogP) is 2.65. The number of H-pyrrole nitrogens is 1. The number of aromatic nitrogens is 2. The van der Waals surface area contributed by atoms with E-state index < -0.39 is 0 Å². The number of hydrogen-bond acceptors (Lipinski definition) is 2. The standard InChI is InChI=1S/C16H17N3O/c1-12-15(11-17-18-12)16(20)19-9-7-14(8-10-19)13-5-3-2-4-6-13/h2-7,11H,8-10H2,1H3,(H,17,18). The van der Waals surface area contributed by atoms with Crippen LogP contribution in [0.4, 0.5) is 0 Å². The molecular formula is C16H17N3O. The fourth-order valence-corrected chi connectivity index (χ4v) is 2.50. The molecule has 0 radical (unpaired) electrons. The number of carbonyl (C=O) groups excluding carboxylic acids is 1. The van der Waals surface area contributed by atoms with Gasteiger partial charge in [-0.05, 0) is 24.5 Å². The molecule has 102 valence electrons. The van der Waals surface area contributed by atoms with Crippen molar-refractivity contribution in [2.24, 2.45) is 0 Å². The summed E-state index contributed by atoms with van der Waals surface area (Å²) in [6.45, 7) is 3.28. The Labute approximate surface area is 118 Å². The highest BCUT2D eigenvalue weighted by Crippen LogP contribution is 2.23. The van der Waals surface area contributed by atoms with Crippen LogP contribution in [0, 0.1) is 6.92 Å². The van der Waals surface area contributed by atoms with Crippen LogP contribution in [0.1, 0.15) is 28.0 Å². The van der Waals surface area contributed by atoms with E-state index in [1.807, 2.05) is 30.0 Å². The lowest BCUT2D eigenvalue weighted by molar-refractivity contribution is 0.0772. The van der Waals surface area contributed by atoms with E-state index in [0.29, 0.717) is 12.1 Å². The topological polar surface area (TPSA) is 49.0 Å². The highest BCUT2D eigenvalue weighted by molar-refractivity contribution is 5.95. The van der Waals surface area contributed by atoms with Crippen molar-refractivity contribution in [3.05, 3.63) is 59.4 Å². The summed E-state index contributed by atoms with van der Waals surface area (Å²) in [5.74, 6) is 0.0552. The van der Waals surface area contributed by atoms with Crippen molar-refractivity contribution in [1.82, 2.24) is 15.1 Å². The largest absolute Gasteiger partial charge is 0.334 e. The highest BCUT2D eigenvalue weighted by atomic mass is 16.2. The van der Waals surface area contributed by atoms with Gasteiger partial charge in [0, 0.05) is 18.8 Å². The monoisotopic (exact) mass is 267 g/mol. The minimum Gasteiger partial charge on any atom is -0.334 e. The van der Waals surface area contributed by atoms with Gasteiger partial charge in [-0.1, -0.05) is 36.4 Å². The van der Waals surface area contributed by atoms with Crippen molar-refractivity contribution in [1.29, 1.82) is 0 Å². The van der Waals surface area contributed by atoms with Gasteiger partial charge in [-0.25, -0.2) is 0 Å². The Bertz CT molecular complexity index is 643. The Kier molecular flexibility index (Phi) is 3.37. The molecule has 0 fully saturated rings. The van der Waals surface area contributed by atoms with Crippen LogP contribution in [-0.2, 0) is 0 Å². The van der Waals surface area contributed by atoms with Crippen molar-refractivity contribution in [2.45, 2.75) is 13.3 Å². The van der Waals surface area contributed by atoms with Crippen LogP contribution in [0.25, 0.3) is 5.57 Å². The maximum absolute atomic E-state index is 12.4. The van der Waals surface area contributed by atoms with E-state index >= 15 is 0 Å². The number of nitrogens with zero attached hydrogens (tertiary/aromatic N) is 2. The number of amides is 1. The molecule has 20 heavy (non-hydrogen) atoms. The molecule has 0 saturated heterocycles. The first-order valence-electron chi connectivity index (χ1n) is 6.79. The number of aromatic amines is 1. The summed E-state index contributed by atoms with van der Waals surface area (Å²) in [6.07, 6.45) is 4.65. The van der Waals surface area contributed by atoms with Crippen molar-refractivity contribution >= 4 is 11.5 Å². The van der Waals surface area contributed by atoms with Crippen LogP contribution in [0.3, 0.4) is 0 Å². The van der Waals surface area contributed by atoms with E-state index in [9.17, 15) is 4.79 Å². The third kappa shape index (κ3) is 2.37. The Hall–Kier alpha value is -2.36. The zero-order valence-corrected chi connectivity index (χ0v) is 11.5. The van der Waals surface area contributed by atoms with Gasteiger partial charge in [0.1, 0.15) is 0 Å². The van der Waals surface area contributed by atoms with E-state index in [2.05, 4.69) is 28.4 Å². The molecule has 4 heteroatoms. The number of hydrogen-bond donors (Lipinski definition) is 1. The maximum Gasteiger partial charge on any atom is 0.257 e. The molecule has 0 spiro atoms. The summed E-state index contributed by atoms with van der Waals surface area (Å²) in [4.78, 5) is 14.2. The van der Waals surface area contributed by atoms with Crippen LogP contribution in [0.5, 0.6) is 0 Å². The van der Waals surface area contributed by atoms with E-state index in [1.165, 1.54) is 11.1 Å². The average Bonchev–Trinajstić information content (AvgIpc) is 2.94. The van der Waals surface area contributed by atoms with Gasteiger partial charge in [0.2, 0.25) is 0 Å². The van der Waals surface area contributed by atoms with Gasteiger partial charge in [-0.15, -0.1) is 0 Å². The van der Waals surface area contributed by atoms with Gasteiger partial charge in [0.15, 0.2) is 0 Å². The first-order chi connectivity index (χ1) is 9.75. The summed E-state index contributed by atoms with van der Waals surface area (Å²) in [5, 5.41) is 6.72. The molecule has 0 unspecified atom stereocenters. The summed E-state index contributed by atoms with van der Waals surface area (Å²) >= 11 is 0. The van der Waals surface area contributed by atoms with Gasteiger partial charge in [-0.2, -0.15) is 5.10 Å². The van der Waals surface area contributed by atoms with Gasteiger partial charge < -0.3 is 4.90 Å². The average molecular weight is 267 g/mol. The molecule has 4 nitrogen and oxygen atoms in total. The van der Waals surface area contributed by atoms with Crippen LogP contribution < -0.4 is 0 Å². The molecule has 0 bridgehead atoms. The third-order valence-corrected chi connectivity index (χ3v) is 3.70. The molecule has 2 aromatic rings. The molecule has 1 aromatic heterocycles. The second-order valence-electron chi connectivity index (χ2n) is 5.01. The lowest BCUT2D eigenvalue weighted by Gasteiger charge is -2.26.